The molecular formula is C15H16N2O4S. The Morgan fingerprint density at radius 2 is 1.68 bits per heavy atom. The largest absolute Gasteiger partial charge is 0.289 e. The highest BCUT2D eigenvalue weighted by Gasteiger charge is 2.29. The van der Waals surface area contributed by atoms with Gasteiger partial charge in [0.2, 0.25) is 10.0 Å². The second-order valence-corrected chi connectivity index (χ2v) is 6.93. The fourth-order valence-electron chi connectivity index (χ4n) is 2.11. The molecule has 0 unspecified atom stereocenters. The molecule has 0 bridgehead atoms. The molecular weight excluding hydrogens is 304 g/mol. The van der Waals surface area contributed by atoms with Crippen molar-refractivity contribution in [2.75, 3.05) is 7.05 Å². The van der Waals surface area contributed by atoms with E-state index in [1.807, 2.05) is 31.2 Å². The molecule has 2 aromatic carbocycles. The minimum absolute atomic E-state index is 0.154. The molecule has 2 aromatic rings. The maximum absolute atomic E-state index is 12.6. The van der Waals surface area contributed by atoms with Crippen LogP contribution in [0.3, 0.4) is 0 Å². The van der Waals surface area contributed by atoms with Crippen molar-refractivity contribution in [3.63, 3.8) is 0 Å². The van der Waals surface area contributed by atoms with Gasteiger partial charge < -0.3 is 0 Å². The first kappa shape index (κ1) is 16.1. The number of aryl methyl sites for hydroxylation is 1. The van der Waals surface area contributed by atoms with Crippen LogP contribution in [0.5, 0.6) is 0 Å². The van der Waals surface area contributed by atoms with Gasteiger partial charge in [-0.1, -0.05) is 36.4 Å². The summed E-state index contributed by atoms with van der Waals surface area (Å²) in [5.41, 5.74) is 1.40. The lowest BCUT2D eigenvalue weighted by atomic mass is 10.1. The van der Waals surface area contributed by atoms with Crippen molar-refractivity contribution in [2.45, 2.75) is 18.4 Å². The van der Waals surface area contributed by atoms with E-state index in [4.69, 9.17) is 0 Å². The Balaban J connectivity index is 2.39. The Kier molecular flexibility index (Phi) is 4.58. The standard InChI is InChI=1S/C15H16N2O4S/c1-12-7-3-4-8-13(12)11-16(2)22(20,21)15-10-6-5-9-14(15)17(18)19/h3-10H,11H2,1-2H3. The fraction of sp³-hybridized carbons (Fsp3) is 0.200. The summed E-state index contributed by atoms with van der Waals surface area (Å²) in [6, 6.07) is 12.8. The van der Waals surface area contributed by atoms with Crippen LogP contribution in [0.2, 0.25) is 0 Å². The van der Waals surface area contributed by atoms with E-state index in [0.29, 0.717) is 0 Å². The van der Waals surface area contributed by atoms with Gasteiger partial charge in [-0.3, -0.25) is 10.1 Å². The number of benzene rings is 2. The number of rotatable bonds is 5. The molecule has 0 aliphatic rings. The van der Waals surface area contributed by atoms with Crippen LogP contribution in [0, 0.1) is 17.0 Å². The molecule has 0 fully saturated rings. The molecule has 0 heterocycles. The summed E-state index contributed by atoms with van der Waals surface area (Å²) >= 11 is 0. The second-order valence-electron chi connectivity index (χ2n) is 4.91. The van der Waals surface area contributed by atoms with E-state index >= 15 is 0 Å². The summed E-state index contributed by atoms with van der Waals surface area (Å²) in [7, 11) is -2.52. The van der Waals surface area contributed by atoms with E-state index in [1.54, 1.807) is 0 Å². The van der Waals surface area contributed by atoms with Crippen LogP contribution in [0.15, 0.2) is 53.4 Å². The highest BCUT2D eigenvalue weighted by Crippen LogP contribution is 2.26. The van der Waals surface area contributed by atoms with Crippen LogP contribution >= 0.6 is 0 Å². The third kappa shape index (κ3) is 3.15. The van der Waals surface area contributed by atoms with Gasteiger partial charge in [0.15, 0.2) is 4.90 Å². The molecule has 0 spiro atoms. The van der Waals surface area contributed by atoms with E-state index in [-0.39, 0.29) is 11.4 Å². The van der Waals surface area contributed by atoms with E-state index in [0.717, 1.165) is 15.4 Å². The minimum atomic E-state index is -3.94. The van der Waals surface area contributed by atoms with E-state index in [9.17, 15) is 18.5 Å². The molecule has 116 valence electrons. The molecule has 0 atom stereocenters. The van der Waals surface area contributed by atoms with E-state index in [2.05, 4.69) is 0 Å². The fourth-order valence-corrected chi connectivity index (χ4v) is 3.41. The predicted molar refractivity (Wildman–Crippen MR) is 82.9 cm³/mol. The van der Waals surface area contributed by atoms with Gasteiger partial charge in [0, 0.05) is 19.7 Å². The quantitative estimate of drug-likeness (QED) is 0.626. The van der Waals surface area contributed by atoms with Crippen LogP contribution in [0.1, 0.15) is 11.1 Å². The van der Waals surface area contributed by atoms with Crippen molar-refractivity contribution in [1.29, 1.82) is 0 Å². The van der Waals surface area contributed by atoms with Crippen LogP contribution in [0.4, 0.5) is 5.69 Å². The Bertz CT molecular complexity index is 803. The first-order valence-corrected chi connectivity index (χ1v) is 8.02. The predicted octanol–water partition coefficient (Wildman–Crippen LogP) is 2.72. The number of hydrogen-bond acceptors (Lipinski definition) is 4. The molecule has 0 saturated heterocycles. The van der Waals surface area contributed by atoms with Crippen molar-refractivity contribution in [1.82, 2.24) is 4.31 Å². The van der Waals surface area contributed by atoms with Gasteiger partial charge in [0.05, 0.1) is 4.92 Å². The molecule has 7 heteroatoms. The highest BCUT2D eigenvalue weighted by molar-refractivity contribution is 7.89. The first-order chi connectivity index (χ1) is 10.3. The zero-order valence-corrected chi connectivity index (χ0v) is 13.1. The summed E-state index contributed by atoms with van der Waals surface area (Å²) in [6.07, 6.45) is 0. The second kappa shape index (κ2) is 6.25. The third-order valence-corrected chi connectivity index (χ3v) is 5.26. The lowest BCUT2D eigenvalue weighted by molar-refractivity contribution is -0.387. The van der Waals surface area contributed by atoms with Crippen LogP contribution < -0.4 is 0 Å². The van der Waals surface area contributed by atoms with Crippen molar-refractivity contribution < 1.29 is 13.3 Å². The highest BCUT2D eigenvalue weighted by atomic mass is 32.2. The minimum Gasteiger partial charge on any atom is -0.258 e. The monoisotopic (exact) mass is 320 g/mol. The SMILES string of the molecule is Cc1ccccc1CN(C)S(=O)(=O)c1ccccc1[N+](=O)[O-]. The van der Waals surface area contributed by atoms with Gasteiger partial charge in [0.1, 0.15) is 0 Å². The van der Waals surface area contributed by atoms with Crippen LogP contribution in [-0.2, 0) is 16.6 Å². The summed E-state index contributed by atoms with van der Waals surface area (Å²) in [5.74, 6) is 0. The van der Waals surface area contributed by atoms with Crippen LogP contribution in [0.25, 0.3) is 0 Å². The molecule has 22 heavy (non-hydrogen) atoms. The third-order valence-electron chi connectivity index (χ3n) is 3.40. The molecule has 0 amide bonds. The summed E-state index contributed by atoms with van der Waals surface area (Å²) < 4.78 is 26.3. The Morgan fingerprint density at radius 3 is 2.32 bits per heavy atom. The summed E-state index contributed by atoms with van der Waals surface area (Å²) in [5, 5.41) is 11.0. The number of nitro groups is 1. The number of para-hydroxylation sites is 1. The number of nitro benzene ring substituents is 1. The molecule has 0 aliphatic carbocycles. The van der Waals surface area contributed by atoms with Gasteiger partial charge in [0.25, 0.3) is 5.69 Å². The van der Waals surface area contributed by atoms with E-state index < -0.39 is 20.6 Å². The number of sulfonamides is 1. The van der Waals surface area contributed by atoms with Gasteiger partial charge in [-0.15, -0.1) is 0 Å². The van der Waals surface area contributed by atoms with Gasteiger partial charge >= 0.3 is 0 Å². The molecule has 0 aliphatic heterocycles. The van der Waals surface area contributed by atoms with Crippen LogP contribution in [-0.4, -0.2) is 24.7 Å². The Labute approximate surface area is 129 Å². The maximum atomic E-state index is 12.6. The lowest BCUT2D eigenvalue weighted by Gasteiger charge is -2.18. The van der Waals surface area contributed by atoms with Crippen molar-refractivity contribution in [3.05, 3.63) is 69.8 Å². The zero-order chi connectivity index (χ0) is 16.3. The topological polar surface area (TPSA) is 80.5 Å². The van der Waals surface area contributed by atoms with Gasteiger partial charge in [-0.05, 0) is 24.1 Å². The molecule has 0 radical (unpaired) electrons. The zero-order valence-electron chi connectivity index (χ0n) is 12.3. The number of hydrogen-bond donors (Lipinski definition) is 0. The van der Waals surface area contributed by atoms with Gasteiger partial charge in [-0.2, -0.15) is 4.31 Å². The first-order valence-electron chi connectivity index (χ1n) is 6.58. The van der Waals surface area contributed by atoms with Crippen molar-refractivity contribution >= 4 is 15.7 Å². The van der Waals surface area contributed by atoms with Crippen molar-refractivity contribution in [2.24, 2.45) is 0 Å². The molecule has 6 nitrogen and oxygen atoms in total. The van der Waals surface area contributed by atoms with Crippen molar-refractivity contribution in [3.8, 4) is 0 Å². The maximum Gasteiger partial charge on any atom is 0.289 e. The molecule has 2 rings (SSSR count). The molecule has 0 saturated carbocycles. The van der Waals surface area contributed by atoms with E-state index in [1.165, 1.54) is 31.3 Å². The Hall–Kier alpha value is -2.25. The summed E-state index contributed by atoms with van der Waals surface area (Å²) in [4.78, 5) is 10.0. The molecule has 0 aromatic heterocycles. The normalized spacial score (nSPS) is 11.6. The number of nitrogens with zero attached hydrogens (tertiary/aromatic N) is 2. The van der Waals surface area contributed by atoms with Gasteiger partial charge in [-0.25, -0.2) is 8.42 Å². The Morgan fingerprint density at radius 1 is 1.09 bits per heavy atom. The lowest BCUT2D eigenvalue weighted by Crippen LogP contribution is -2.27. The summed E-state index contributed by atoms with van der Waals surface area (Å²) in [6.45, 7) is 2.04. The average molecular weight is 320 g/mol. The average Bonchev–Trinajstić information content (AvgIpc) is 2.49. The smallest absolute Gasteiger partial charge is 0.258 e. The molecule has 0 N–H and O–H groups in total.